The van der Waals surface area contributed by atoms with Gasteiger partial charge in [-0.05, 0) is 30.5 Å². The molecule has 2 N–H and O–H groups in total. The molecule has 2 atom stereocenters. The molecule has 1 aromatic carbocycles. The van der Waals surface area contributed by atoms with Gasteiger partial charge in [-0.25, -0.2) is 0 Å². The monoisotopic (exact) mass is 532 g/mol. The van der Waals surface area contributed by atoms with Crippen LogP contribution >= 0.6 is 39.9 Å². The molecule has 2 unspecified atom stereocenters. The van der Waals surface area contributed by atoms with Gasteiger partial charge >= 0.3 is 0 Å². The van der Waals surface area contributed by atoms with Gasteiger partial charge in [-0.3, -0.25) is 4.99 Å². The second-order valence-corrected chi connectivity index (χ2v) is 7.22. The summed E-state index contributed by atoms with van der Waals surface area (Å²) in [6, 6.07) is 9.01. The van der Waals surface area contributed by atoms with Crippen molar-refractivity contribution in [2.75, 3.05) is 7.05 Å². The van der Waals surface area contributed by atoms with E-state index < -0.39 is 0 Å². The predicted octanol–water partition coefficient (Wildman–Crippen LogP) is 4.40. The van der Waals surface area contributed by atoms with Gasteiger partial charge in [0.2, 0.25) is 0 Å². The molecule has 3 rings (SSSR count). The van der Waals surface area contributed by atoms with E-state index >= 15 is 0 Å². The molecule has 0 radical (unpaired) electrons. The van der Waals surface area contributed by atoms with E-state index in [9.17, 15) is 0 Å². The number of hydrogen-bond donors (Lipinski definition) is 2. The Bertz CT molecular complexity index is 723. The van der Waals surface area contributed by atoms with E-state index in [1.807, 2.05) is 0 Å². The van der Waals surface area contributed by atoms with Crippen LogP contribution in [0.5, 0.6) is 0 Å². The number of aryl methyl sites for hydroxylation is 2. The van der Waals surface area contributed by atoms with E-state index in [-0.39, 0.29) is 24.0 Å². The standard InChI is InChI=1S/C19H25BrN4O.HI/c1-4-16-15(18(5-2)25-24-16)11-22-19(21-3)23-17-10-14(17)12-6-8-13(20)9-7-12;/h6-9,14,17H,4-5,10-11H2,1-3H3,(H2,21,22,23);1H. The maximum Gasteiger partial charge on any atom is 0.191 e. The summed E-state index contributed by atoms with van der Waals surface area (Å²) in [6.45, 7) is 4.87. The number of benzene rings is 1. The summed E-state index contributed by atoms with van der Waals surface area (Å²) < 4.78 is 6.54. The van der Waals surface area contributed by atoms with Crippen LogP contribution in [0.3, 0.4) is 0 Å². The smallest absolute Gasteiger partial charge is 0.191 e. The minimum absolute atomic E-state index is 0. The Labute approximate surface area is 180 Å². The summed E-state index contributed by atoms with van der Waals surface area (Å²) >= 11 is 3.49. The molecule has 1 saturated carbocycles. The summed E-state index contributed by atoms with van der Waals surface area (Å²) in [5.74, 6) is 2.34. The van der Waals surface area contributed by atoms with Crippen molar-refractivity contribution in [3.63, 3.8) is 0 Å². The fourth-order valence-electron chi connectivity index (χ4n) is 3.11. The number of aliphatic imine (C=N–C) groups is 1. The summed E-state index contributed by atoms with van der Waals surface area (Å²) in [6.07, 6.45) is 2.86. The van der Waals surface area contributed by atoms with Gasteiger partial charge in [-0.1, -0.05) is 47.1 Å². The highest BCUT2D eigenvalue weighted by Gasteiger charge is 2.38. The highest BCUT2D eigenvalue weighted by molar-refractivity contribution is 14.0. The molecule has 5 nitrogen and oxygen atoms in total. The van der Waals surface area contributed by atoms with Crippen LogP contribution in [0.1, 0.15) is 48.8 Å². The normalized spacial score (nSPS) is 19.0. The first-order valence-corrected chi connectivity index (χ1v) is 9.64. The fraction of sp³-hybridized carbons (Fsp3) is 0.474. The first kappa shape index (κ1) is 21.2. The molecule has 7 heteroatoms. The van der Waals surface area contributed by atoms with Gasteiger partial charge in [0.25, 0.3) is 0 Å². The number of hydrogen-bond acceptors (Lipinski definition) is 3. The van der Waals surface area contributed by atoms with Crippen molar-refractivity contribution >= 4 is 45.9 Å². The van der Waals surface area contributed by atoms with Crippen molar-refractivity contribution in [2.24, 2.45) is 4.99 Å². The first-order chi connectivity index (χ1) is 12.2. The fourth-order valence-corrected chi connectivity index (χ4v) is 3.38. The Morgan fingerprint density at radius 2 is 2.00 bits per heavy atom. The highest BCUT2D eigenvalue weighted by atomic mass is 127. The Morgan fingerprint density at radius 1 is 1.27 bits per heavy atom. The predicted molar refractivity (Wildman–Crippen MR) is 119 cm³/mol. The van der Waals surface area contributed by atoms with Crippen LogP contribution in [0.25, 0.3) is 0 Å². The van der Waals surface area contributed by atoms with Crippen LogP contribution in [-0.4, -0.2) is 24.2 Å². The molecule has 0 spiro atoms. The van der Waals surface area contributed by atoms with Gasteiger partial charge in [0, 0.05) is 42.0 Å². The van der Waals surface area contributed by atoms with Gasteiger partial charge in [0.05, 0.1) is 5.69 Å². The van der Waals surface area contributed by atoms with Crippen LogP contribution in [0.4, 0.5) is 0 Å². The third kappa shape index (κ3) is 5.00. The van der Waals surface area contributed by atoms with Crippen LogP contribution in [-0.2, 0) is 19.4 Å². The Morgan fingerprint density at radius 3 is 2.62 bits per heavy atom. The lowest BCUT2D eigenvalue weighted by Crippen LogP contribution is -2.38. The number of rotatable bonds is 6. The molecule has 142 valence electrons. The summed E-state index contributed by atoms with van der Waals surface area (Å²) in [5, 5.41) is 11.1. The maximum atomic E-state index is 5.43. The second-order valence-electron chi connectivity index (χ2n) is 6.31. The molecule has 1 fully saturated rings. The summed E-state index contributed by atoms with van der Waals surface area (Å²) in [4.78, 5) is 4.36. The zero-order valence-corrected chi connectivity index (χ0v) is 19.3. The lowest BCUT2D eigenvalue weighted by Gasteiger charge is -2.12. The molecule has 2 aromatic rings. The molecule has 0 bridgehead atoms. The van der Waals surface area contributed by atoms with Crippen molar-refractivity contribution in [1.82, 2.24) is 15.8 Å². The van der Waals surface area contributed by atoms with Crippen LogP contribution in [0.15, 0.2) is 38.3 Å². The number of aromatic nitrogens is 1. The first-order valence-electron chi connectivity index (χ1n) is 8.85. The number of halogens is 2. The van der Waals surface area contributed by atoms with Crippen molar-refractivity contribution < 1.29 is 4.52 Å². The van der Waals surface area contributed by atoms with E-state index in [0.717, 1.165) is 46.7 Å². The average Bonchev–Trinajstić information content (AvgIpc) is 3.28. The maximum absolute atomic E-state index is 5.43. The topological polar surface area (TPSA) is 62.5 Å². The van der Waals surface area contributed by atoms with Crippen LogP contribution in [0.2, 0.25) is 0 Å². The molecule has 0 aliphatic heterocycles. The Balaban J connectivity index is 0.00000243. The van der Waals surface area contributed by atoms with Crippen LogP contribution in [0, 0.1) is 0 Å². The Kier molecular flexibility index (Phi) is 7.94. The average molecular weight is 533 g/mol. The molecule has 1 aliphatic rings. The van der Waals surface area contributed by atoms with Gasteiger partial charge in [-0.15, -0.1) is 24.0 Å². The molecular weight excluding hydrogens is 507 g/mol. The summed E-state index contributed by atoms with van der Waals surface area (Å²) in [7, 11) is 1.81. The number of nitrogens with zero attached hydrogens (tertiary/aromatic N) is 2. The third-order valence-corrected chi connectivity index (χ3v) is 5.20. The molecule has 1 heterocycles. The molecular formula is C19H26BrIN4O. The second kappa shape index (κ2) is 9.73. The molecule has 26 heavy (non-hydrogen) atoms. The minimum Gasteiger partial charge on any atom is -0.361 e. The Hall–Kier alpha value is -1.09. The van der Waals surface area contributed by atoms with Crippen LogP contribution < -0.4 is 10.6 Å². The van der Waals surface area contributed by atoms with E-state index in [4.69, 9.17) is 4.52 Å². The van der Waals surface area contributed by atoms with E-state index in [0.29, 0.717) is 18.5 Å². The highest BCUT2D eigenvalue weighted by Crippen LogP contribution is 2.41. The van der Waals surface area contributed by atoms with E-state index in [1.165, 1.54) is 5.56 Å². The zero-order valence-electron chi connectivity index (χ0n) is 15.4. The van der Waals surface area contributed by atoms with E-state index in [1.54, 1.807) is 7.05 Å². The van der Waals surface area contributed by atoms with Crippen molar-refractivity contribution in [1.29, 1.82) is 0 Å². The van der Waals surface area contributed by atoms with Crippen molar-refractivity contribution in [3.05, 3.63) is 51.3 Å². The van der Waals surface area contributed by atoms with Gasteiger partial charge in [0.1, 0.15) is 5.76 Å². The van der Waals surface area contributed by atoms with Gasteiger partial charge < -0.3 is 15.2 Å². The SMILES string of the molecule is CCc1noc(CC)c1CNC(=NC)NC1CC1c1ccc(Br)cc1.I. The summed E-state index contributed by atoms with van der Waals surface area (Å²) in [5.41, 5.74) is 3.56. The molecule has 1 aliphatic carbocycles. The lowest BCUT2D eigenvalue weighted by molar-refractivity contribution is 0.380. The number of nitrogens with one attached hydrogen (secondary N) is 2. The quantitative estimate of drug-likeness (QED) is 0.329. The van der Waals surface area contributed by atoms with Crippen molar-refractivity contribution in [3.8, 4) is 0 Å². The minimum atomic E-state index is 0. The zero-order chi connectivity index (χ0) is 17.8. The van der Waals surface area contributed by atoms with E-state index in [2.05, 4.69) is 74.8 Å². The molecule has 0 saturated heterocycles. The molecule has 1 aromatic heterocycles. The van der Waals surface area contributed by atoms with Gasteiger partial charge in [-0.2, -0.15) is 0 Å². The largest absolute Gasteiger partial charge is 0.361 e. The third-order valence-electron chi connectivity index (χ3n) is 4.67. The molecule has 0 amide bonds. The van der Waals surface area contributed by atoms with Gasteiger partial charge in [0.15, 0.2) is 5.96 Å². The number of guanidine groups is 1. The van der Waals surface area contributed by atoms with Crippen molar-refractivity contribution in [2.45, 2.75) is 51.6 Å². The lowest BCUT2D eigenvalue weighted by atomic mass is 10.1.